The molecule has 20 heavy (non-hydrogen) atoms. The minimum atomic E-state index is -0.550. The molecule has 0 radical (unpaired) electrons. The number of anilines is 1. The quantitative estimate of drug-likeness (QED) is 0.603. The Kier molecular flexibility index (Phi) is 5.63. The molecule has 1 heterocycles. The van der Waals surface area contributed by atoms with Gasteiger partial charge in [-0.15, -0.1) is 0 Å². The molecule has 2 aromatic rings. The normalized spacial score (nSPS) is 12.3. The lowest BCUT2D eigenvalue weighted by Gasteiger charge is -2.11. The fourth-order valence-electron chi connectivity index (χ4n) is 1.41. The average molecular weight is 311 g/mol. The molecule has 0 aliphatic rings. The Morgan fingerprint density at radius 1 is 1.40 bits per heavy atom. The molecule has 5 nitrogen and oxygen atoms in total. The molecule has 0 saturated heterocycles. The van der Waals surface area contributed by atoms with E-state index in [0.717, 1.165) is 16.6 Å². The van der Waals surface area contributed by atoms with E-state index in [0.29, 0.717) is 17.2 Å². The van der Waals surface area contributed by atoms with Gasteiger partial charge in [-0.05, 0) is 35.8 Å². The maximum Gasteiger partial charge on any atom is 0.170 e. The van der Waals surface area contributed by atoms with Crippen molar-refractivity contribution in [2.75, 3.05) is 18.1 Å². The van der Waals surface area contributed by atoms with Gasteiger partial charge in [0, 0.05) is 17.9 Å². The molecule has 1 aromatic heterocycles. The first-order chi connectivity index (χ1) is 9.67. The predicted octanol–water partition coefficient (Wildman–Crippen LogP) is 2.21. The van der Waals surface area contributed by atoms with E-state index in [1.165, 1.54) is 23.3 Å². The summed E-state index contributed by atoms with van der Waals surface area (Å²) in [5, 5.41) is 9.88. The summed E-state index contributed by atoms with van der Waals surface area (Å²) in [5.74, 6) is 2.09. The number of hydrogen-bond acceptors (Lipinski definition) is 7. The van der Waals surface area contributed by atoms with Crippen LogP contribution in [-0.4, -0.2) is 32.9 Å². The minimum Gasteiger partial charge on any atom is -0.491 e. The second-order valence-electron chi connectivity index (χ2n) is 4.17. The maximum atomic E-state index is 9.88. The van der Waals surface area contributed by atoms with E-state index in [1.54, 1.807) is 24.3 Å². The second-order valence-corrected chi connectivity index (χ2v) is 6.19. The van der Waals surface area contributed by atoms with Crippen molar-refractivity contribution in [3.05, 3.63) is 30.1 Å². The number of nitrogens with two attached hydrogens (primary N) is 1. The third kappa shape index (κ3) is 4.66. The molecule has 1 aromatic carbocycles. The number of aryl methyl sites for hydroxylation is 1. The van der Waals surface area contributed by atoms with Crippen LogP contribution in [-0.2, 0) is 6.42 Å². The Balaban J connectivity index is 1.72. The molecular formula is C13H17N3O2S2. The van der Waals surface area contributed by atoms with Gasteiger partial charge in [0.05, 0.1) is 6.10 Å². The first-order valence-electron chi connectivity index (χ1n) is 6.29. The van der Waals surface area contributed by atoms with E-state index in [1.807, 2.05) is 6.92 Å². The van der Waals surface area contributed by atoms with E-state index in [9.17, 15) is 5.11 Å². The van der Waals surface area contributed by atoms with Crippen LogP contribution in [0.1, 0.15) is 12.7 Å². The summed E-state index contributed by atoms with van der Waals surface area (Å²) in [5.41, 5.74) is 6.28. The summed E-state index contributed by atoms with van der Waals surface area (Å²) in [6.45, 7) is 2.27. The van der Waals surface area contributed by atoms with Crippen molar-refractivity contribution < 1.29 is 9.84 Å². The van der Waals surface area contributed by atoms with Gasteiger partial charge in [-0.3, -0.25) is 0 Å². The highest BCUT2D eigenvalue weighted by Crippen LogP contribution is 2.21. The molecule has 3 N–H and O–H groups in total. The van der Waals surface area contributed by atoms with Crippen molar-refractivity contribution in [2.24, 2.45) is 0 Å². The molecular weight excluding hydrogens is 294 g/mol. The fourth-order valence-corrected chi connectivity index (χ4v) is 3.04. The lowest BCUT2D eigenvalue weighted by molar-refractivity contribution is 0.126. The predicted molar refractivity (Wildman–Crippen MR) is 82.4 cm³/mol. The number of aromatic nitrogens is 2. The van der Waals surface area contributed by atoms with E-state index in [-0.39, 0.29) is 6.61 Å². The lowest BCUT2D eigenvalue weighted by atomic mass is 10.3. The summed E-state index contributed by atoms with van der Waals surface area (Å²) >= 11 is 2.87. The zero-order chi connectivity index (χ0) is 14.4. The van der Waals surface area contributed by atoms with E-state index >= 15 is 0 Å². The highest BCUT2D eigenvalue weighted by Gasteiger charge is 2.09. The number of nitrogen functional groups attached to an aromatic ring is 1. The highest BCUT2D eigenvalue weighted by atomic mass is 32.2. The van der Waals surface area contributed by atoms with Crippen molar-refractivity contribution in [3.63, 3.8) is 0 Å². The molecule has 0 aliphatic heterocycles. The third-order valence-electron chi connectivity index (χ3n) is 2.49. The molecule has 0 fully saturated rings. The molecule has 1 unspecified atom stereocenters. The third-order valence-corrected chi connectivity index (χ3v) is 4.50. The van der Waals surface area contributed by atoms with Crippen molar-refractivity contribution in [1.82, 2.24) is 9.36 Å². The standard InChI is InChI=1S/C13H17N3O2S2/c1-2-12-15-13(20-16-12)19-8-10(17)7-18-11-5-3-9(14)4-6-11/h3-6,10,17H,2,7-8,14H2,1H3. The summed E-state index contributed by atoms with van der Waals surface area (Å²) in [6.07, 6.45) is 0.284. The number of aliphatic hydroxyl groups is 1. The number of rotatable bonds is 7. The van der Waals surface area contributed by atoms with Crippen LogP contribution >= 0.6 is 23.3 Å². The first kappa shape index (κ1) is 15.1. The average Bonchev–Trinajstić information content (AvgIpc) is 2.92. The summed E-state index contributed by atoms with van der Waals surface area (Å²) in [6, 6.07) is 7.11. The van der Waals surface area contributed by atoms with E-state index in [4.69, 9.17) is 10.5 Å². The van der Waals surface area contributed by atoms with E-state index < -0.39 is 6.10 Å². The van der Waals surface area contributed by atoms with Gasteiger partial charge in [0.15, 0.2) is 4.34 Å². The van der Waals surface area contributed by atoms with Crippen LogP contribution < -0.4 is 10.5 Å². The maximum absolute atomic E-state index is 9.88. The number of thioether (sulfide) groups is 1. The van der Waals surface area contributed by atoms with Crippen LogP contribution in [0, 0.1) is 0 Å². The highest BCUT2D eigenvalue weighted by molar-refractivity contribution is 8.00. The monoisotopic (exact) mass is 311 g/mol. The van der Waals surface area contributed by atoms with Crippen molar-refractivity contribution >= 4 is 29.0 Å². The SMILES string of the molecule is CCc1nsc(SCC(O)COc2ccc(N)cc2)n1. The number of hydrogen-bond donors (Lipinski definition) is 2. The van der Waals surface area contributed by atoms with Gasteiger partial charge in [-0.25, -0.2) is 4.98 Å². The lowest BCUT2D eigenvalue weighted by Crippen LogP contribution is -2.20. The van der Waals surface area contributed by atoms with Crippen LogP contribution in [0.15, 0.2) is 28.6 Å². The molecule has 7 heteroatoms. The second kappa shape index (κ2) is 7.47. The molecule has 108 valence electrons. The Labute approximate surface area is 126 Å². The Morgan fingerprint density at radius 2 is 2.15 bits per heavy atom. The minimum absolute atomic E-state index is 0.246. The van der Waals surface area contributed by atoms with Gasteiger partial charge in [0.2, 0.25) is 0 Å². The number of nitrogens with zero attached hydrogens (tertiary/aromatic N) is 2. The Bertz CT molecular complexity index is 531. The molecule has 0 spiro atoms. The topological polar surface area (TPSA) is 81.3 Å². The van der Waals surface area contributed by atoms with E-state index in [2.05, 4.69) is 9.36 Å². The summed E-state index contributed by atoms with van der Waals surface area (Å²) < 4.78 is 10.6. The number of aliphatic hydroxyl groups excluding tert-OH is 1. The van der Waals surface area contributed by atoms with Crippen molar-refractivity contribution in [3.8, 4) is 5.75 Å². The molecule has 1 atom stereocenters. The van der Waals surface area contributed by atoms with Crippen LogP contribution in [0.3, 0.4) is 0 Å². The van der Waals surface area contributed by atoms with Crippen LogP contribution in [0.4, 0.5) is 5.69 Å². The number of ether oxygens (including phenoxy) is 1. The fraction of sp³-hybridized carbons (Fsp3) is 0.385. The van der Waals surface area contributed by atoms with Gasteiger partial charge in [-0.2, -0.15) is 4.37 Å². The molecule has 0 amide bonds. The van der Waals surface area contributed by atoms with Crippen LogP contribution in [0.2, 0.25) is 0 Å². The summed E-state index contributed by atoms with van der Waals surface area (Å²) in [7, 11) is 0. The van der Waals surface area contributed by atoms with Gasteiger partial charge in [0.25, 0.3) is 0 Å². The van der Waals surface area contributed by atoms with Crippen molar-refractivity contribution in [2.45, 2.75) is 23.8 Å². The first-order valence-corrected chi connectivity index (χ1v) is 8.05. The van der Waals surface area contributed by atoms with Gasteiger partial charge >= 0.3 is 0 Å². The van der Waals surface area contributed by atoms with Gasteiger partial charge in [0.1, 0.15) is 18.2 Å². The molecule has 0 aliphatic carbocycles. The zero-order valence-electron chi connectivity index (χ0n) is 11.2. The summed E-state index contributed by atoms with van der Waals surface area (Å²) in [4.78, 5) is 4.33. The Morgan fingerprint density at radius 3 is 2.80 bits per heavy atom. The van der Waals surface area contributed by atoms with Gasteiger partial charge < -0.3 is 15.6 Å². The number of benzene rings is 1. The zero-order valence-corrected chi connectivity index (χ0v) is 12.8. The van der Waals surface area contributed by atoms with Crippen LogP contribution in [0.5, 0.6) is 5.75 Å². The molecule has 2 rings (SSSR count). The Hall–Kier alpha value is -1.31. The van der Waals surface area contributed by atoms with Crippen LogP contribution in [0.25, 0.3) is 0 Å². The smallest absolute Gasteiger partial charge is 0.170 e. The molecule has 0 saturated carbocycles. The van der Waals surface area contributed by atoms with Gasteiger partial charge in [-0.1, -0.05) is 18.7 Å². The van der Waals surface area contributed by atoms with Crippen molar-refractivity contribution in [1.29, 1.82) is 0 Å². The molecule has 0 bridgehead atoms. The largest absolute Gasteiger partial charge is 0.491 e.